The highest BCUT2D eigenvalue weighted by molar-refractivity contribution is 5.80. The Morgan fingerprint density at radius 3 is 2.47 bits per heavy atom. The first kappa shape index (κ1) is 23.5. The number of hydrogen-bond acceptors (Lipinski definition) is 4. The van der Waals surface area contributed by atoms with Crippen molar-refractivity contribution < 1.29 is 19.1 Å². The molecule has 3 saturated carbocycles. The second-order valence-corrected chi connectivity index (χ2v) is 10.6. The summed E-state index contributed by atoms with van der Waals surface area (Å²) < 4.78 is 10.9. The van der Waals surface area contributed by atoms with Crippen LogP contribution in [0.3, 0.4) is 0 Å². The van der Waals surface area contributed by atoms with Crippen molar-refractivity contribution in [1.82, 2.24) is 0 Å². The molecule has 2 bridgehead atoms. The van der Waals surface area contributed by atoms with Gasteiger partial charge in [-0.05, 0) is 67.6 Å². The molecule has 0 amide bonds. The Balaban J connectivity index is 0.00000124. The molecule has 8 unspecified atom stereocenters. The number of carbonyl (C=O) groups is 2. The first-order valence-electron chi connectivity index (χ1n) is 12.0. The van der Waals surface area contributed by atoms with E-state index in [-0.39, 0.29) is 40.0 Å². The number of carbonyl (C=O) groups excluding carboxylic acids is 2. The molecule has 0 aromatic rings. The van der Waals surface area contributed by atoms with Gasteiger partial charge >= 0.3 is 5.97 Å². The van der Waals surface area contributed by atoms with Crippen LogP contribution in [0.5, 0.6) is 0 Å². The number of esters is 1. The van der Waals surface area contributed by atoms with Crippen LogP contribution in [0.1, 0.15) is 73.1 Å². The quantitative estimate of drug-likeness (QED) is 0.346. The van der Waals surface area contributed by atoms with Crippen molar-refractivity contribution in [3.05, 3.63) is 11.6 Å². The standard InChI is InChI=1S/C24H36O4.C2H6/c1-15-12-24-10-7-18-22(2,14-27-4)8-6-9-23(18,3)19(24)11-16(15)17(13-25)20(24)21(26)28-5;1-2/h12-13,16-20H,6-11,14H2,1-5H3;1-2H3. The fourth-order valence-electron chi connectivity index (χ4n) is 8.62. The van der Waals surface area contributed by atoms with Gasteiger partial charge in [0.2, 0.25) is 0 Å². The summed E-state index contributed by atoms with van der Waals surface area (Å²) in [4.78, 5) is 25.0. The number of fused-ring (bicyclic) bond motifs is 2. The molecule has 0 aromatic carbocycles. The highest BCUT2D eigenvalue weighted by Crippen LogP contribution is 2.72. The molecular weight excluding hydrogens is 376 g/mol. The zero-order valence-corrected chi connectivity index (χ0v) is 20.1. The van der Waals surface area contributed by atoms with Gasteiger partial charge in [-0.1, -0.05) is 45.8 Å². The van der Waals surface area contributed by atoms with Crippen LogP contribution in [0.2, 0.25) is 0 Å². The zero-order valence-electron chi connectivity index (χ0n) is 20.1. The fraction of sp³-hybridized carbons (Fsp3) is 0.846. The summed E-state index contributed by atoms with van der Waals surface area (Å²) in [6, 6.07) is 0. The lowest BCUT2D eigenvalue weighted by atomic mass is 9.35. The maximum Gasteiger partial charge on any atom is 0.310 e. The molecule has 30 heavy (non-hydrogen) atoms. The number of aldehydes is 1. The Bertz CT molecular complexity index is 695. The Morgan fingerprint density at radius 1 is 1.17 bits per heavy atom. The molecular formula is C26H42O4. The Labute approximate surface area is 183 Å². The van der Waals surface area contributed by atoms with Crippen LogP contribution < -0.4 is 0 Å². The van der Waals surface area contributed by atoms with Crippen molar-refractivity contribution in [3.63, 3.8) is 0 Å². The van der Waals surface area contributed by atoms with Crippen LogP contribution in [0.15, 0.2) is 11.6 Å². The van der Waals surface area contributed by atoms with E-state index < -0.39 is 0 Å². The summed E-state index contributed by atoms with van der Waals surface area (Å²) in [5, 5.41) is 0. The number of rotatable bonds is 4. The van der Waals surface area contributed by atoms with E-state index in [9.17, 15) is 9.59 Å². The average molecular weight is 419 g/mol. The van der Waals surface area contributed by atoms with E-state index in [1.54, 1.807) is 0 Å². The monoisotopic (exact) mass is 418 g/mol. The van der Waals surface area contributed by atoms with E-state index in [4.69, 9.17) is 9.47 Å². The molecule has 170 valence electrons. The third-order valence-electron chi connectivity index (χ3n) is 9.50. The third-order valence-corrected chi connectivity index (χ3v) is 9.50. The summed E-state index contributed by atoms with van der Waals surface area (Å²) in [7, 11) is 3.29. The lowest BCUT2D eigenvalue weighted by molar-refractivity contribution is -0.200. The number of methoxy groups -OCH3 is 2. The smallest absolute Gasteiger partial charge is 0.310 e. The van der Waals surface area contributed by atoms with Crippen molar-refractivity contribution in [3.8, 4) is 0 Å². The van der Waals surface area contributed by atoms with Gasteiger partial charge in [0, 0.05) is 18.4 Å². The number of allylic oxidation sites excluding steroid dienone is 2. The van der Waals surface area contributed by atoms with Crippen molar-refractivity contribution >= 4 is 12.3 Å². The first-order chi connectivity index (χ1) is 14.3. The lowest BCUT2D eigenvalue weighted by Gasteiger charge is -2.69. The lowest BCUT2D eigenvalue weighted by Crippen LogP contribution is -2.65. The third kappa shape index (κ3) is 3.12. The molecule has 5 aliphatic carbocycles. The van der Waals surface area contributed by atoms with Crippen molar-refractivity contribution in [2.45, 2.75) is 73.1 Å². The highest BCUT2D eigenvalue weighted by Gasteiger charge is 2.68. The van der Waals surface area contributed by atoms with E-state index >= 15 is 0 Å². The van der Waals surface area contributed by atoms with Crippen molar-refractivity contribution in [2.75, 3.05) is 20.8 Å². The zero-order chi connectivity index (χ0) is 22.3. The average Bonchev–Trinajstić information content (AvgIpc) is 2.73. The van der Waals surface area contributed by atoms with Gasteiger partial charge in [-0.2, -0.15) is 0 Å². The van der Waals surface area contributed by atoms with Gasteiger partial charge in [0.05, 0.1) is 19.6 Å². The molecule has 5 aliphatic rings. The molecule has 0 radical (unpaired) electrons. The molecule has 0 saturated heterocycles. The summed E-state index contributed by atoms with van der Waals surface area (Å²) in [5.74, 6) is 0.473. The van der Waals surface area contributed by atoms with Gasteiger partial charge in [-0.25, -0.2) is 0 Å². The normalized spacial score (nSPS) is 46.5. The Hall–Kier alpha value is -1.16. The van der Waals surface area contributed by atoms with E-state index in [0.717, 1.165) is 32.2 Å². The topological polar surface area (TPSA) is 52.6 Å². The molecule has 4 heteroatoms. The minimum atomic E-state index is -0.323. The molecule has 0 N–H and O–H groups in total. The molecule has 0 aromatic heterocycles. The minimum absolute atomic E-state index is 0.180. The van der Waals surface area contributed by atoms with Crippen LogP contribution in [-0.2, 0) is 19.1 Å². The van der Waals surface area contributed by atoms with E-state index in [0.29, 0.717) is 11.8 Å². The maximum atomic E-state index is 12.9. The fourth-order valence-corrected chi connectivity index (χ4v) is 8.62. The van der Waals surface area contributed by atoms with Crippen molar-refractivity contribution in [2.24, 2.45) is 45.8 Å². The summed E-state index contributed by atoms with van der Waals surface area (Å²) >= 11 is 0. The largest absolute Gasteiger partial charge is 0.469 e. The van der Waals surface area contributed by atoms with E-state index in [2.05, 4.69) is 26.8 Å². The van der Waals surface area contributed by atoms with Crippen LogP contribution in [-0.4, -0.2) is 33.1 Å². The van der Waals surface area contributed by atoms with Gasteiger partial charge < -0.3 is 14.3 Å². The van der Waals surface area contributed by atoms with Crippen LogP contribution in [0.25, 0.3) is 0 Å². The second kappa shape index (κ2) is 8.41. The summed E-state index contributed by atoms with van der Waals surface area (Å²) in [6.45, 7) is 11.9. The molecule has 3 fully saturated rings. The highest BCUT2D eigenvalue weighted by atomic mass is 16.5. The molecule has 0 heterocycles. The summed E-state index contributed by atoms with van der Waals surface area (Å²) in [5.41, 5.74) is 1.46. The SMILES string of the molecule is CC.COCC1(C)CCCC2(C)C1CCC13C=C(C)C(CC21)C(C=O)C3C(=O)OC. The van der Waals surface area contributed by atoms with Crippen LogP contribution in [0, 0.1) is 45.8 Å². The Morgan fingerprint density at radius 2 is 1.87 bits per heavy atom. The van der Waals surface area contributed by atoms with Gasteiger partial charge in [-0.15, -0.1) is 0 Å². The van der Waals surface area contributed by atoms with Gasteiger partial charge in [0.25, 0.3) is 0 Å². The summed E-state index contributed by atoms with van der Waals surface area (Å²) in [6.07, 6.45) is 10.2. The van der Waals surface area contributed by atoms with E-state index in [1.807, 2.05) is 21.0 Å². The molecule has 1 spiro atoms. The van der Waals surface area contributed by atoms with Crippen molar-refractivity contribution in [1.29, 1.82) is 0 Å². The van der Waals surface area contributed by atoms with Crippen LogP contribution in [0.4, 0.5) is 0 Å². The van der Waals surface area contributed by atoms with E-state index in [1.165, 1.54) is 31.9 Å². The van der Waals surface area contributed by atoms with Crippen LogP contribution >= 0.6 is 0 Å². The minimum Gasteiger partial charge on any atom is -0.469 e. The maximum absolute atomic E-state index is 12.9. The predicted octanol–water partition coefficient (Wildman–Crippen LogP) is 5.45. The Kier molecular flexibility index (Phi) is 6.59. The molecule has 4 nitrogen and oxygen atoms in total. The first-order valence-corrected chi connectivity index (χ1v) is 12.0. The second-order valence-electron chi connectivity index (χ2n) is 10.6. The van der Waals surface area contributed by atoms with Gasteiger partial charge in [0.15, 0.2) is 0 Å². The molecule has 8 atom stereocenters. The van der Waals surface area contributed by atoms with Gasteiger partial charge in [0.1, 0.15) is 6.29 Å². The number of hydrogen-bond donors (Lipinski definition) is 0. The molecule has 5 rings (SSSR count). The molecule has 0 aliphatic heterocycles. The van der Waals surface area contributed by atoms with Gasteiger partial charge in [-0.3, -0.25) is 4.79 Å². The predicted molar refractivity (Wildman–Crippen MR) is 119 cm³/mol. The number of ether oxygens (including phenoxy) is 2.